The molecule has 6 nitrogen and oxygen atoms in total. The van der Waals surface area contributed by atoms with Crippen molar-refractivity contribution in [3.05, 3.63) is 41.6 Å². The molecule has 1 aliphatic rings. The highest BCUT2D eigenvalue weighted by Gasteiger charge is 2.29. The summed E-state index contributed by atoms with van der Waals surface area (Å²) in [6, 6.07) is 9.67. The van der Waals surface area contributed by atoms with E-state index in [0.717, 1.165) is 29.4 Å². The second-order valence-electron chi connectivity index (χ2n) is 6.48. The van der Waals surface area contributed by atoms with E-state index in [-0.39, 0.29) is 17.7 Å². The van der Waals surface area contributed by atoms with E-state index in [9.17, 15) is 9.59 Å². The number of piperidine rings is 1. The maximum atomic E-state index is 13.0. The van der Waals surface area contributed by atoms with Gasteiger partial charge in [-0.1, -0.05) is 18.2 Å². The van der Waals surface area contributed by atoms with Crippen molar-refractivity contribution in [2.24, 2.45) is 11.7 Å². The number of hydrogen-bond donors (Lipinski definition) is 2. The molecule has 3 N–H and O–H groups in total. The van der Waals surface area contributed by atoms with Gasteiger partial charge in [0, 0.05) is 31.6 Å². The molecule has 1 atom stereocenters. The molecule has 1 unspecified atom stereocenters. The molecular weight excluding hydrogens is 316 g/mol. The van der Waals surface area contributed by atoms with Gasteiger partial charge in [-0.05, 0) is 31.9 Å². The number of para-hydroxylation sites is 1. The Kier molecular flexibility index (Phi) is 5.28. The van der Waals surface area contributed by atoms with E-state index < -0.39 is 0 Å². The molecule has 1 fully saturated rings. The largest absolute Gasteiger partial charge is 0.355 e. The lowest BCUT2D eigenvalue weighted by atomic mass is 9.96. The Labute approximate surface area is 147 Å². The molecule has 2 amide bonds. The van der Waals surface area contributed by atoms with Gasteiger partial charge in [0.05, 0.1) is 22.7 Å². The average Bonchev–Trinajstić information content (AvgIpc) is 2.65. The predicted molar refractivity (Wildman–Crippen MR) is 97.2 cm³/mol. The fourth-order valence-corrected chi connectivity index (χ4v) is 3.31. The van der Waals surface area contributed by atoms with Gasteiger partial charge < -0.3 is 16.0 Å². The maximum absolute atomic E-state index is 13.0. The fourth-order valence-electron chi connectivity index (χ4n) is 3.31. The van der Waals surface area contributed by atoms with Crippen LogP contribution in [-0.4, -0.2) is 47.9 Å². The normalized spacial score (nSPS) is 17.5. The Morgan fingerprint density at radius 3 is 2.96 bits per heavy atom. The van der Waals surface area contributed by atoms with Gasteiger partial charge in [0.25, 0.3) is 5.91 Å². The van der Waals surface area contributed by atoms with Gasteiger partial charge >= 0.3 is 0 Å². The van der Waals surface area contributed by atoms with Crippen molar-refractivity contribution in [2.45, 2.75) is 19.8 Å². The standard InChI is InChI=1S/C19H24N4O2/c1-13-16(11-14-5-2-3-7-17(14)22-13)19(25)23-10-4-6-15(12-23)18(24)21-9-8-20/h2-3,5,7,11,15H,4,6,8-10,12,20H2,1H3,(H,21,24). The molecule has 1 aliphatic heterocycles. The van der Waals surface area contributed by atoms with Gasteiger partial charge in [-0.25, -0.2) is 0 Å². The fraction of sp³-hybridized carbons (Fsp3) is 0.421. The summed E-state index contributed by atoms with van der Waals surface area (Å²) in [6.45, 7) is 3.86. The number of benzene rings is 1. The number of likely N-dealkylation sites (tertiary alicyclic amines) is 1. The van der Waals surface area contributed by atoms with Crippen molar-refractivity contribution in [3.63, 3.8) is 0 Å². The van der Waals surface area contributed by atoms with Crippen LogP contribution in [0.5, 0.6) is 0 Å². The number of hydrogen-bond acceptors (Lipinski definition) is 4. The molecule has 3 rings (SSSR count). The highest BCUT2D eigenvalue weighted by Crippen LogP contribution is 2.22. The number of nitrogens with one attached hydrogen (secondary N) is 1. The topological polar surface area (TPSA) is 88.3 Å². The Bertz CT molecular complexity index is 790. The van der Waals surface area contributed by atoms with E-state index in [2.05, 4.69) is 10.3 Å². The molecule has 0 aliphatic carbocycles. The molecule has 1 saturated heterocycles. The lowest BCUT2D eigenvalue weighted by Gasteiger charge is -2.32. The van der Waals surface area contributed by atoms with Crippen LogP contribution in [0.25, 0.3) is 10.9 Å². The molecule has 0 bridgehead atoms. The number of fused-ring (bicyclic) bond motifs is 1. The van der Waals surface area contributed by atoms with E-state index in [1.54, 1.807) is 4.90 Å². The summed E-state index contributed by atoms with van der Waals surface area (Å²) < 4.78 is 0. The summed E-state index contributed by atoms with van der Waals surface area (Å²) in [7, 11) is 0. The van der Waals surface area contributed by atoms with Crippen molar-refractivity contribution in [1.29, 1.82) is 0 Å². The van der Waals surface area contributed by atoms with Crippen LogP contribution in [0.2, 0.25) is 0 Å². The molecule has 0 radical (unpaired) electrons. The quantitative estimate of drug-likeness (QED) is 0.882. The van der Waals surface area contributed by atoms with Crippen LogP contribution < -0.4 is 11.1 Å². The van der Waals surface area contributed by atoms with Crippen LogP contribution >= 0.6 is 0 Å². The maximum Gasteiger partial charge on any atom is 0.255 e. The van der Waals surface area contributed by atoms with Gasteiger partial charge in [-0.15, -0.1) is 0 Å². The van der Waals surface area contributed by atoms with Gasteiger partial charge in [-0.3, -0.25) is 14.6 Å². The number of aryl methyl sites for hydroxylation is 1. The number of amides is 2. The zero-order valence-electron chi connectivity index (χ0n) is 14.5. The second kappa shape index (κ2) is 7.61. The number of nitrogens with two attached hydrogens (primary N) is 1. The Morgan fingerprint density at radius 1 is 1.36 bits per heavy atom. The lowest BCUT2D eigenvalue weighted by molar-refractivity contribution is -0.126. The van der Waals surface area contributed by atoms with Crippen LogP contribution in [0, 0.1) is 12.8 Å². The number of rotatable bonds is 4. The van der Waals surface area contributed by atoms with Crippen molar-refractivity contribution in [3.8, 4) is 0 Å². The average molecular weight is 340 g/mol. The Morgan fingerprint density at radius 2 is 2.16 bits per heavy atom. The summed E-state index contributed by atoms with van der Waals surface area (Å²) in [5, 5.41) is 3.77. The number of carbonyl (C=O) groups excluding carboxylic acids is 2. The van der Waals surface area contributed by atoms with E-state index >= 15 is 0 Å². The number of pyridine rings is 1. The van der Waals surface area contributed by atoms with Gasteiger partial charge in [0.2, 0.25) is 5.91 Å². The first kappa shape index (κ1) is 17.4. The van der Waals surface area contributed by atoms with Crippen molar-refractivity contribution >= 4 is 22.7 Å². The van der Waals surface area contributed by atoms with E-state index in [0.29, 0.717) is 31.7 Å². The molecule has 1 aromatic heterocycles. The molecule has 2 aromatic rings. The molecule has 0 saturated carbocycles. The Balaban J connectivity index is 1.78. The molecule has 2 heterocycles. The minimum absolute atomic E-state index is 0.0173. The summed E-state index contributed by atoms with van der Waals surface area (Å²) in [5.74, 6) is -0.235. The summed E-state index contributed by atoms with van der Waals surface area (Å²) in [4.78, 5) is 31.5. The predicted octanol–water partition coefficient (Wildman–Crippen LogP) is 1.47. The van der Waals surface area contributed by atoms with Crippen LogP contribution in [-0.2, 0) is 4.79 Å². The highest BCUT2D eigenvalue weighted by molar-refractivity contribution is 5.99. The van der Waals surface area contributed by atoms with Crippen LogP contribution in [0.15, 0.2) is 30.3 Å². The first-order valence-corrected chi connectivity index (χ1v) is 8.73. The Hall–Kier alpha value is -2.47. The van der Waals surface area contributed by atoms with Gasteiger partial charge in [0.15, 0.2) is 0 Å². The van der Waals surface area contributed by atoms with Crippen LogP contribution in [0.1, 0.15) is 28.9 Å². The molecule has 1 aromatic carbocycles. The van der Waals surface area contributed by atoms with E-state index in [1.807, 2.05) is 37.3 Å². The lowest BCUT2D eigenvalue weighted by Crippen LogP contribution is -2.46. The summed E-state index contributed by atoms with van der Waals surface area (Å²) in [5.41, 5.74) is 7.65. The third-order valence-electron chi connectivity index (χ3n) is 4.67. The van der Waals surface area contributed by atoms with Crippen LogP contribution in [0.4, 0.5) is 0 Å². The second-order valence-corrected chi connectivity index (χ2v) is 6.48. The minimum atomic E-state index is -0.169. The molecule has 0 spiro atoms. The number of nitrogens with zero attached hydrogens (tertiary/aromatic N) is 2. The zero-order valence-corrected chi connectivity index (χ0v) is 14.5. The zero-order chi connectivity index (χ0) is 17.8. The summed E-state index contributed by atoms with van der Waals surface area (Å²) >= 11 is 0. The molecular formula is C19H24N4O2. The number of aromatic nitrogens is 1. The van der Waals surface area contributed by atoms with Gasteiger partial charge in [0.1, 0.15) is 0 Å². The molecule has 6 heteroatoms. The monoisotopic (exact) mass is 340 g/mol. The van der Waals surface area contributed by atoms with Crippen molar-refractivity contribution in [2.75, 3.05) is 26.2 Å². The van der Waals surface area contributed by atoms with E-state index in [1.165, 1.54) is 0 Å². The SMILES string of the molecule is Cc1nc2ccccc2cc1C(=O)N1CCCC(C(=O)NCCN)C1. The van der Waals surface area contributed by atoms with Gasteiger partial charge in [-0.2, -0.15) is 0 Å². The van der Waals surface area contributed by atoms with E-state index in [4.69, 9.17) is 5.73 Å². The van der Waals surface area contributed by atoms with Crippen molar-refractivity contribution in [1.82, 2.24) is 15.2 Å². The minimum Gasteiger partial charge on any atom is -0.355 e. The third-order valence-corrected chi connectivity index (χ3v) is 4.67. The third kappa shape index (κ3) is 3.79. The molecule has 132 valence electrons. The highest BCUT2D eigenvalue weighted by atomic mass is 16.2. The number of carbonyl (C=O) groups is 2. The first-order valence-electron chi connectivity index (χ1n) is 8.73. The van der Waals surface area contributed by atoms with Crippen molar-refractivity contribution < 1.29 is 9.59 Å². The first-order chi connectivity index (χ1) is 12.1. The summed E-state index contributed by atoms with van der Waals surface area (Å²) in [6.07, 6.45) is 1.63. The smallest absolute Gasteiger partial charge is 0.255 e. The molecule has 25 heavy (non-hydrogen) atoms. The van der Waals surface area contributed by atoms with Crippen LogP contribution in [0.3, 0.4) is 0 Å².